The summed E-state index contributed by atoms with van der Waals surface area (Å²) in [5, 5.41) is 2.74. The van der Waals surface area contributed by atoms with E-state index in [1.165, 1.54) is 0 Å². The highest BCUT2D eigenvalue weighted by molar-refractivity contribution is 7.91. The molecule has 22 heavy (non-hydrogen) atoms. The zero-order chi connectivity index (χ0) is 16.3. The monoisotopic (exact) mass is 332 g/mol. The fraction of sp³-hybridized carbons (Fsp3) is 0.857. The molecule has 0 aromatic heterocycles. The zero-order valence-corrected chi connectivity index (χ0v) is 13.9. The van der Waals surface area contributed by atoms with Crippen molar-refractivity contribution in [3.63, 3.8) is 0 Å². The Morgan fingerprint density at radius 1 is 1.32 bits per heavy atom. The molecule has 1 N–H and O–H groups in total. The number of sulfone groups is 1. The van der Waals surface area contributed by atoms with Gasteiger partial charge in [0.2, 0.25) is 11.8 Å². The van der Waals surface area contributed by atoms with E-state index in [1.807, 2.05) is 6.92 Å². The SMILES string of the molecule is CCN(C(=O)C1CC1C(=O)NCCOC)C1CCS(=O)(=O)C1. The van der Waals surface area contributed by atoms with Crippen molar-refractivity contribution in [2.24, 2.45) is 11.8 Å². The van der Waals surface area contributed by atoms with Gasteiger partial charge in [0.25, 0.3) is 0 Å². The minimum atomic E-state index is -3.02. The first kappa shape index (κ1) is 17.2. The van der Waals surface area contributed by atoms with E-state index in [0.29, 0.717) is 32.5 Å². The number of ether oxygens (including phenoxy) is 1. The number of hydrogen-bond acceptors (Lipinski definition) is 5. The van der Waals surface area contributed by atoms with Crippen molar-refractivity contribution in [3.05, 3.63) is 0 Å². The van der Waals surface area contributed by atoms with Gasteiger partial charge >= 0.3 is 0 Å². The number of methoxy groups -OCH3 is 1. The maximum Gasteiger partial charge on any atom is 0.226 e. The van der Waals surface area contributed by atoms with Crippen LogP contribution in [0.25, 0.3) is 0 Å². The summed E-state index contributed by atoms with van der Waals surface area (Å²) in [6.07, 6.45) is 1.05. The number of nitrogens with one attached hydrogen (secondary N) is 1. The Balaban J connectivity index is 1.87. The summed E-state index contributed by atoms with van der Waals surface area (Å²) in [4.78, 5) is 26.0. The molecule has 1 saturated heterocycles. The summed E-state index contributed by atoms with van der Waals surface area (Å²) >= 11 is 0. The van der Waals surface area contributed by atoms with Gasteiger partial charge in [-0.25, -0.2) is 8.42 Å². The molecule has 1 saturated carbocycles. The Kier molecular flexibility index (Phi) is 5.44. The lowest BCUT2D eigenvalue weighted by Crippen LogP contribution is -2.42. The fourth-order valence-corrected chi connectivity index (χ4v) is 4.72. The normalized spacial score (nSPS) is 29.1. The second-order valence-corrected chi connectivity index (χ2v) is 8.14. The fourth-order valence-electron chi connectivity index (χ4n) is 2.99. The van der Waals surface area contributed by atoms with Gasteiger partial charge in [-0.1, -0.05) is 0 Å². The van der Waals surface area contributed by atoms with Crippen molar-refractivity contribution in [1.29, 1.82) is 0 Å². The summed E-state index contributed by atoms with van der Waals surface area (Å²) in [5.74, 6) is -0.596. The van der Waals surface area contributed by atoms with Crippen LogP contribution in [-0.4, -0.2) is 69.5 Å². The van der Waals surface area contributed by atoms with Gasteiger partial charge in [0.05, 0.1) is 29.9 Å². The van der Waals surface area contributed by atoms with Crippen LogP contribution in [0.15, 0.2) is 0 Å². The average molecular weight is 332 g/mol. The van der Waals surface area contributed by atoms with Crippen molar-refractivity contribution in [2.45, 2.75) is 25.8 Å². The van der Waals surface area contributed by atoms with E-state index >= 15 is 0 Å². The van der Waals surface area contributed by atoms with E-state index in [1.54, 1.807) is 12.0 Å². The molecule has 7 nitrogen and oxygen atoms in total. The van der Waals surface area contributed by atoms with Gasteiger partial charge < -0.3 is 15.0 Å². The largest absolute Gasteiger partial charge is 0.383 e. The first-order chi connectivity index (χ1) is 10.4. The van der Waals surface area contributed by atoms with Crippen LogP contribution in [0.4, 0.5) is 0 Å². The maximum absolute atomic E-state index is 12.5. The molecule has 126 valence electrons. The van der Waals surface area contributed by atoms with E-state index in [0.717, 1.165) is 0 Å². The number of carbonyl (C=O) groups is 2. The lowest BCUT2D eigenvalue weighted by atomic mass is 10.2. The smallest absolute Gasteiger partial charge is 0.226 e. The second-order valence-electron chi connectivity index (χ2n) is 5.91. The summed E-state index contributed by atoms with van der Waals surface area (Å²) in [5.41, 5.74) is 0. The second kappa shape index (κ2) is 6.95. The maximum atomic E-state index is 12.5. The Labute approximate surface area is 131 Å². The lowest BCUT2D eigenvalue weighted by molar-refractivity contribution is -0.136. The summed E-state index contributed by atoms with van der Waals surface area (Å²) < 4.78 is 28.0. The van der Waals surface area contributed by atoms with Crippen molar-refractivity contribution in [1.82, 2.24) is 10.2 Å². The molecule has 0 aromatic rings. The summed E-state index contributed by atoms with van der Waals surface area (Å²) in [7, 11) is -1.46. The Hall–Kier alpha value is -1.15. The molecule has 0 radical (unpaired) electrons. The molecule has 8 heteroatoms. The molecule has 2 fully saturated rings. The van der Waals surface area contributed by atoms with Crippen LogP contribution >= 0.6 is 0 Å². The highest BCUT2D eigenvalue weighted by Gasteiger charge is 2.50. The first-order valence-corrected chi connectivity index (χ1v) is 9.49. The van der Waals surface area contributed by atoms with Crippen LogP contribution in [0.2, 0.25) is 0 Å². The average Bonchev–Trinajstić information content (AvgIpc) is 3.19. The number of amides is 2. The molecular weight excluding hydrogens is 308 g/mol. The Morgan fingerprint density at radius 2 is 2.05 bits per heavy atom. The molecular formula is C14H24N2O5S. The van der Waals surface area contributed by atoms with Gasteiger partial charge in [0.15, 0.2) is 9.84 Å². The zero-order valence-electron chi connectivity index (χ0n) is 13.1. The highest BCUT2D eigenvalue weighted by atomic mass is 32.2. The molecule has 0 spiro atoms. The number of rotatable bonds is 7. The van der Waals surface area contributed by atoms with Gasteiger partial charge in [0, 0.05) is 26.2 Å². The predicted molar refractivity (Wildman–Crippen MR) is 80.9 cm³/mol. The summed E-state index contributed by atoms with van der Waals surface area (Å²) in [6.45, 7) is 3.20. The molecule has 1 aliphatic heterocycles. The molecule has 3 atom stereocenters. The van der Waals surface area contributed by atoms with Crippen LogP contribution in [0.3, 0.4) is 0 Å². The third-order valence-electron chi connectivity index (χ3n) is 4.32. The highest BCUT2D eigenvalue weighted by Crippen LogP contribution is 2.41. The topological polar surface area (TPSA) is 92.8 Å². The van der Waals surface area contributed by atoms with Crippen LogP contribution < -0.4 is 5.32 Å². The van der Waals surface area contributed by atoms with E-state index < -0.39 is 9.84 Å². The quantitative estimate of drug-likeness (QED) is 0.630. The van der Waals surface area contributed by atoms with Crippen LogP contribution in [0.1, 0.15) is 19.8 Å². The minimum Gasteiger partial charge on any atom is -0.383 e. The summed E-state index contributed by atoms with van der Waals surface area (Å²) in [6, 6.07) is -0.236. The molecule has 0 bridgehead atoms. The first-order valence-electron chi connectivity index (χ1n) is 7.67. The molecule has 2 rings (SSSR count). The predicted octanol–water partition coefficient (Wildman–Crippen LogP) is -0.579. The van der Waals surface area contributed by atoms with Crippen LogP contribution in [0.5, 0.6) is 0 Å². The minimum absolute atomic E-state index is 0.0456. The Morgan fingerprint density at radius 3 is 2.59 bits per heavy atom. The van der Waals surface area contributed by atoms with Gasteiger partial charge in [-0.3, -0.25) is 9.59 Å². The number of carbonyl (C=O) groups excluding carboxylic acids is 2. The van der Waals surface area contributed by atoms with E-state index in [4.69, 9.17) is 4.74 Å². The molecule has 0 aromatic carbocycles. The van der Waals surface area contributed by atoms with Gasteiger partial charge in [-0.2, -0.15) is 0 Å². The van der Waals surface area contributed by atoms with E-state index in [9.17, 15) is 18.0 Å². The van der Waals surface area contributed by atoms with Crippen LogP contribution in [0, 0.1) is 11.8 Å². The molecule has 1 heterocycles. The van der Waals surface area contributed by atoms with Gasteiger partial charge in [-0.15, -0.1) is 0 Å². The molecule has 2 amide bonds. The third kappa shape index (κ3) is 3.98. The van der Waals surface area contributed by atoms with E-state index in [-0.39, 0.29) is 41.2 Å². The molecule has 3 unspecified atom stereocenters. The number of nitrogens with zero attached hydrogens (tertiary/aromatic N) is 1. The van der Waals surface area contributed by atoms with Crippen molar-refractivity contribution >= 4 is 21.7 Å². The molecule has 2 aliphatic rings. The Bertz CT molecular complexity index is 533. The third-order valence-corrected chi connectivity index (χ3v) is 6.07. The standard InChI is InChI=1S/C14H24N2O5S/c1-3-16(10-4-7-22(19,20)9-10)14(18)12-8-11(12)13(17)15-5-6-21-2/h10-12H,3-9H2,1-2H3,(H,15,17). The van der Waals surface area contributed by atoms with Gasteiger partial charge in [-0.05, 0) is 19.8 Å². The van der Waals surface area contributed by atoms with Crippen molar-refractivity contribution < 1.29 is 22.7 Å². The molecule has 1 aliphatic carbocycles. The van der Waals surface area contributed by atoms with E-state index in [2.05, 4.69) is 5.32 Å². The van der Waals surface area contributed by atoms with Gasteiger partial charge in [0.1, 0.15) is 0 Å². The lowest BCUT2D eigenvalue weighted by Gasteiger charge is -2.27. The number of hydrogen-bond donors (Lipinski definition) is 1. The van der Waals surface area contributed by atoms with Crippen LogP contribution in [-0.2, 0) is 24.2 Å². The van der Waals surface area contributed by atoms with Crippen molar-refractivity contribution in [2.75, 3.05) is 38.3 Å². The van der Waals surface area contributed by atoms with Crippen molar-refractivity contribution in [3.8, 4) is 0 Å².